The molecule has 0 spiro atoms. The molecule has 1 N–H and O–H groups in total. The maximum Gasteiger partial charge on any atom is 0.325 e. The molecule has 1 saturated heterocycles. The predicted molar refractivity (Wildman–Crippen MR) is 66.0 cm³/mol. The van der Waals surface area contributed by atoms with Gasteiger partial charge >= 0.3 is 12.0 Å². The first-order chi connectivity index (χ1) is 9.79. The molecule has 2 rings (SSSR count). The molecule has 0 saturated carbocycles. The van der Waals surface area contributed by atoms with Crippen molar-refractivity contribution in [2.45, 2.75) is 12.5 Å². The van der Waals surface area contributed by atoms with Gasteiger partial charge in [-0.15, -0.1) is 0 Å². The minimum atomic E-state index is -1.78. The van der Waals surface area contributed by atoms with Crippen LogP contribution in [0.3, 0.4) is 0 Å². The van der Waals surface area contributed by atoms with E-state index < -0.39 is 41.6 Å². The van der Waals surface area contributed by atoms with Crippen LogP contribution in [-0.2, 0) is 19.9 Å². The van der Waals surface area contributed by atoms with Crippen LogP contribution in [0.2, 0.25) is 0 Å². The van der Waals surface area contributed by atoms with Crippen molar-refractivity contribution in [1.82, 2.24) is 10.2 Å². The summed E-state index contributed by atoms with van der Waals surface area (Å²) >= 11 is 0. The molecule has 0 aliphatic carbocycles. The monoisotopic (exact) mass is 298 g/mol. The second-order valence-corrected chi connectivity index (χ2v) is 4.65. The van der Waals surface area contributed by atoms with Crippen LogP contribution in [0.4, 0.5) is 13.6 Å². The Balaban J connectivity index is 2.40. The van der Waals surface area contributed by atoms with E-state index >= 15 is 0 Å². The number of halogens is 2. The van der Waals surface area contributed by atoms with Crippen LogP contribution in [0.5, 0.6) is 0 Å². The van der Waals surface area contributed by atoms with Crippen LogP contribution in [0, 0.1) is 11.6 Å². The summed E-state index contributed by atoms with van der Waals surface area (Å²) in [6.45, 7) is 0.635. The van der Waals surface area contributed by atoms with Crippen LogP contribution >= 0.6 is 0 Å². The van der Waals surface area contributed by atoms with E-state index in [0.717, 1.165) is 25.3 Å². The first kappa shape index (κ1) is 14.9. The minimum absolute atomic E-state index is 0.312. The van der Waals surface area contributed by atoms with Crippen molar-refractivity contribution in [1.29, 1.82) is 0 Å². The van der Waals surface area contributed by atoms with Crippen molar-refractivity contribution in [3.05, 3.63) is 35.4 Å². The zero-order valence-electron chi connectivity index (χ0n) is 11.3. The van der Waals surface area contributed by atoms with Gasteiger partial charge in [-0.3, -0.25) is 14.5 Å². The lowest BCUT2D eigenvalue weighted by Crippen LogP contribution is -2.42. The molecule has 1 aliphatic heterocycles. The smallest absolute Gasteiger partial charge is 0.325 e. The Kier molecular flexibility index (Phi) is 3.63. The zero-order chi connectivity index (χ0) is 15.8. The van der Waals surface area contributed by atoms with E-state index in [4.69, 9.17) is 0 Å². The first-order valence-corrected chi connectivity index (χ1v) is 5.96. The summed E-state index contributed by atoms with van der Waals surface area (Å²) in [5.74, 6) is -3.25. The number of methoxy groups -OCH3 is 1. The van der Waals surface area contributed by atoms with Gasteiger partial charge in [-0.05, 0) is 25.1 Å². The van der Waals surface area contributed by atoms with E-state index in [2.05, 4.69) is 10.1 Å². The number of benzene rings is 1. The van der Waals surface area contributed by atoms with Gasteiger partial charge in [-0.25, -0.2) is 13.6 Å². The van der Waals surface area contributed by atoms with Crippen LogP contribution in [0.15, 0.2) is 18.2 Å². The number of nitrogens with one attached hydrogen (secondary N) is 1. The molecule has 0 bridgehead atoms. The quantitative estimate of drug-likeness (QED) is 0.664. The third-order valence-electron chi connectivity index (χ3n) is 3.26. The van der Waals surface area contributed by atoms with E-state index in [1.165, 1.54) is 6.92 Å². The van der Waals surface area contributed by atoms with Gasteiger partial charge in [0.1, 0.15) is 23.7 Å². The average molecular weight is 298 g/mol. The van der Waals surface area contributed by atoms with Crippen LogP contribution in [0.25, 0.3) is 0 Å². The fraction of sp³-hybridized carbons (Fsp3) is 0.308. The fourth-order valence-corrected chi connectivity index (χ4v) is 2.10. The molecular weight excluding hydrogens is 286 g/mol. The lowest BCUT2D eigenvalue weighted by atomic mass is 9.91. The molecule has 0 unspecified atom stereocenters. The largest absolute Gasteiger partial charge is 0.468 e. The number of ether oxygens (including phenoxy) is 1. The maximum atomic E-state index is 13.8. The molecule has 3 amide bonds. The number of hydrogen-bond donors (Lipinski definition) is 1. The molecule has 1 fully saturated rings. The number of urea groups is 1. The highest BCUT2D eigenvalue weighted by atomic mass is 19.1. The standard InChI is InChI=1S/C13H12F2N2O4/c1-13(8-5-7(14)3-4-9(8)15)11(19)17(12(20)16-13)6-10(18)21-2/h3-5H,6H2,1-2H3,(H,16,20)/t13-/m0/s1. The van der Waals surface area contributed by atoms with Crippen LogP contribution in [-0.4, -0.2) is 36.5 Å². The highest BCUT2D eigenvalue weighted by Crippen LogP contribution is 2.31. The number of nitrogens with zero attached hydrogens (tertiary/aromatic N) is 1. The lowest BCUT2D eigenvalue weighted by Gasteiger charge is -2.22. The number of esters is 1. The van der Waals surface area contributed by atoms with Crippen molar-refractivity contribution >= 4 is 17.9 Å². The molecule has 1 aromatic rings. The van der Waals surface area contributed by atoms with Crippen LogP contribution in [0.1, 0.15) is 12.5 Å². The molecule has 1 atom stereocenters. The number of amides is 3. The topological polar surface area (TPSA) is 75.7 Å². The summed E-state index contributed by atoms with van der Waals surface area (Å²) in [7, 11) is 1.10. The maximum absolute atomic E-state index is 13.8. The molecule has 1 heterocycles. The number of rotatable bonds is 3. The summed E-state index contributed by atoms with van der Waals surface area (Å²) in [6, 6.07) is 1.71. The Bertz CT molecular complexity index is 635. The Hall–Kier alpha value is -2.51. The van der Waals surface area contributed by atoms with Gasteiger partial charge in [0.2, 0.25) is 0 Å². The predicted octanol–water partition coefficient (Wildman–Crippen LogP) is 0.905. The SMILES string of the molecule is COC(=O)CN1C(=O)N[C@@](C)(c2cc(F)ccc2F)C1=O. The molecule has 8 heteroatoms. The summed E-state index contributed by atoms with van der Waals surface area (Å²) in [4.78, 5) is 35.9. The number of carbonyl (C=O) groups is 3. The van der Waals surface area contributed by atoms with Gasteiger partial charge in [-0.2, -0.15) is 0 Å². The second-order valence-electron chi connectivity index (χ2n) is 4.65. The van der Waals surface area contributed by atoms with E-state index in [-0.39, 0.29) is 5.56 Å². The van der Waals surface area contributed by atoms with Gasteiger partial charge < -0.3 is 10.1 Å². The van der Waals surface area contributed by atoms with Gasteiger partial charge in [0, 0.05) is 5.56 Å². The number of imide groups is 1. The Labute approximate surface area is 118 Å². The highest BCUT2D eigenvalue weighted by Gasteiger charge is 2.51. The number of hydrogen-bond acceptors (Lipinski definition) is 4. The van der Waals surface area contributed by atoms with Crippen molar-refractivity contribution in [2.75, 3.05) is 13.7 Å². The van der Waals surface area contributed by atoms with Crippen molar-refractivity contribution < 1.29 is 27.9 Å². The fourth-order valence-electron chi connectivity index (χ4n) is 2.10. The third-order valence-corrected chi connectivity index (χ3v) is 3.26. The second kappa shape index (κ2) is 5.12. The van der Waals surface area contributed by atoms with Crippen molar-refractivity contribution in [3.63, 3.8) is 0 Å². The molecule has 112 valence electrons. The average Bonchev–Trinajstić information content (AvgIpc) is 2.65. The zero-order valence-corrected chi connectivity index (χ0v) is 11.3. The minimum Gasteiger partial charge on any atom is -0.468 e. The van der Waals surface area contributed by atoms with Crippen LogP contribution < -0.4 is 5.32 Å². The third kappa shape index (κ3) is 2.44. The molecule has 1 aliphatic rings. The van der Waals surface area contributed by atoms with Gasteiger partial charge in [0.05, 0.1) is 7.11 Å². The summed E-state index contributed by atoms with van der Waals surface area (Å²) < 4.78 is 31.5. The van der Waals surface area contributed by atoms with E-state index in [0.29, 0.717) is 4.90 Å². The summed E-state index contributed by atoms with van der Waals surface area (Å²) in [6.07, 6.45) is 0. The normalized spacial score (nSPS) is 21.4. The molecule has 21 heavy (non-hydrogen) atoms. The van der Waals surface area contributed by atoms with E-state index in [1.807, 2.05) is 0 Å². The molecular formula is C13H12F2N2O4. The van der Waals surface area contributed by atoms with Gasteiger partial charge in [0.15, 0.2) is 0 Å². The van der Waals surface area contributed by atoms with E-state index in [1.54, 1.807) is 0 Å². The molecule has 6 nitrogen and oxygen atoms in total. The highest BCUT2D eigenvalue weighted by molar-refractivity contribution is 6.08. The molecule has 1 aromatic carbocycles. The number of carbonyl (C=O) groups excluding carboxylic acids is 3. The Morgan fingerprint density at radius 1 is 1.38 bits per heavy atom. The Morgan fingerprint density at radius 2 is 2.05 bits per heavy atom. The lowest BCUT2D eigenvalue weighted by molar-refractivity contribution is -0.145. The van der Waals surface area contributed by atoms with Gasteiger partial charge in [-0.1, -0.05) is 0 Å². The van der Waals surface area contributed by atoms with E-state index in [9.17, 15) is 23.2 Å². The van der Waals surface area contributed by atoms with Gasteiger partial charge in [0.25, 0.3) is 5.91 Å². The Morgan fingerprint density at radius 3 is 2.67 bits per heavy atom. The summed E-state index contributed by atoms with van der Waals surface area (Å²) in [5, 5.41) is 2.27. The first-order valence-electron chi connectivity index (χ1n) is 5.96. The van der Waals surface area contributed by atoms with Crippen molar-refractivity contribution in [2.24, 2.45) is 0 Å². The van der Waals surface area contributed by atoms with Crippen molar-refractivity contribution in [3.8, 4) is 0 Å². The summed E-state index contributed by atoms with van der Waals surface area (Å²) in [5.41, 5.74) is -2.09. The molecule has 0 radical (unpaired) electrons. The molecule has 0 aromatic heterocycles.